The molecule has 20 heavy (non-hydrogen) atoms. The SMILES string of the molecule is CC(N)c1cc(F)ccc1OCCCOCC(F)(F)F. The largest absolute Gasteiger partial charge is 0.493 e. The molecule has 0 aliphatic rings. The molecule has 0 saturated heterocycles. The lowest BCUT2D eigenvalue weighted by atomic mass is 10.1. The Balaban J connectivity index is 2.35. The van der Waals surface area contributed by atoms with E-state index in [-0.39, 0.29) is 13.2 Å². The summed E-state index contributed by atoms with van der Waals surface area (Å²) in [6.07, 6.45) is -4.02. The molecule has 0 fully saturated rings. The molecule has 1 rings (SSSR count). The smallest absolute Gasteiger partial charge is 0.411 e. The number of hydrogen-bond donors (Lipinski definition) is 1. The summed E-state index contributed by atoms with van der Waals surface area (Å²) in [4.78, 5) is 0. The predicted molar refractivity (Wildman–Crippen MR) is 66.0 cm³/mol. The summed E-state index contributed by atoms with van der Waals surface area (Å²) in [6, 6.07) is 3.56. The second kappa shape index (κ2) is 7.44. The fourth-order valence-corrected chi connectivity index (χ4v) is 1.54. The first-order chi connectivity index (χ1) is 9.29. The van der Waals surface area contributed by atoms with E-state index in [0.717, 1.165) is 0 Å². The van der Waals surface area contributed by atoms with E-state index in [2.05, 4.69) is 4.74 Å². The van der Waals surface area contributed by atoms with E-state index < -0.39 is 24.6 Å². The normalized spacial score (nSPS) is 13.3. The van der Waals surface area contributed by atoms with Crippen molar-refractivity contribution in [3.63, 3.8) is 0 Å². The molecule has 0 radical (unpaired) electrons. The van der Waals surface area contributed by atoms with Gasteiger partial charge in [-0.1, -0.05) is 0 Å². The molecule has 2 N–H and O–H groups in total. The molecule has 0 aliphatic heterocycles. The third kappa shape index (κ3) is 6.21. The van der Waals surface area contributed by atoms with Crippen LogP contribution in [-0.2, 0) is 4.74 Å². The first-order valence-electron chi connectivity index (χ1n) is 6.12. The number of hydrogen-bond acceptors (Lipinski definition) is 3. The highest BCUT2D eigenvalue weighted by Crippen LogP contribution is 2.24. The van der Waals surface area contributed by atoms with E-state index in [1.807, 2.05) is 0 Å². The zero-order valence-electron chi connectivity index (χ0n) is 11.0. The molecule has 0 amide bonds. The van der Waals surface area contributed by atoms with Crippen LogP contribution in [0.25, 0.3) is 0 Å². The van der Waals surface area contributed by atoms with E-state index in [0.29, 0.717) is 17.7 Å². The summed E-state index contributed by atoms with van der Waals surface area (Å²) in [7, 11) is 0. The zero-order valence-corrected chi connectivity index (χ0v) is 11.0. The second-order valence-electron chi connectivity index (χ2n) is 4.34. The van der Waals surface area contributed by atoms with Gasteiger partial charge < -0.3 is 15.2 Å². The van der Waals surface area contributed by atoms with Crippen LogP contribution >= 0.6 is 0 Å². The van der Waals surface area contributed by atoms with Crippen LogP contribution in [0.5, 0.6) is 5.75 Å². The fourth-order valence-electron chi connectivity index (χ4n) is 1.54. The minimum absolute atomic E-state index is 0.0613. The van der Waals surface area contributed by atoms with Crippen LogP contribution in [0.15, 0.2) is 18.2 Å². The predicted octanol–water partition coefficient (Wildman–Crippen LogP) is 3.19. The van der Waals surface area contributed by atoms with Crippen LogP contribution in [0.3, 0.4) is 0 Å². The Morgan fingerprint density at radius 2 is 1.95 bits per heavy atom. The van der Waals surface area contributed by atoms with Gasteiger partial charge in [0, 0.05) is 18.0 Å². The van der Waals surface area contributed by atoms with Crippen LogP contribution in [0.1, 0.15) is 24.9 Å². The molecule has 7 heteroatoms. The summed E-state index contributed by atoms with van der Waals surface area (Å²) in [5.41, 5.74) is 6.20. The van der Waals surface area contributed by atoms with Gasteiger partial charge in [0.2, 0.25) is 0 Å². The first kappa shape index (κ1) is 16.7. The minimum Gasteiger partial charge on any atom is -0.493 e. The zero-order chi connectivity index (χ0) is 15.2. The Labute approximate surface area is 114 Å². The molecule has 114 valence electrons. The third-order valence-electron chi connectivity index (χ3n) is 2.42. The van der Waals surface area contributed by atoms with Crippen molar-refractivity contribution >= 4 is 0 Å². The first-order valence-corrected chi connectivity index (χ1v) is 6.12. The second-order valence-corrected chi connectivity index (χ2v) is 4.34. The average molecular weight is 295 g/mol. The van der Waals surface area contributed by atoms with Crippen molar-refractivity contribution in [2.75, 3.05) is 19.8 Å². The van der Waals surface area contributed by atoms with Crippen molar-refractivity contribution in [3.05, 3.63) is 29.6 Å². The molecule has 0 saturated carbocycles. The highest BCUT2D eigenvalue weighted by atomic mass is 19.4. The summed E-state index contributed by atoms with van der Waals surface area (Å²) < 4.78 is 58.3. The molecule has 1 aromatic carbocycles. The van der Waals surface area contributed by atoms with E-state index in [1.54, 1.807) is 6.92 Å². The number of rotatable bonds is 7. The van der Waals surface area contributed by atoms with Crippen LogP contribution < -0.4 is 10.5 Å². The standard InChI is InChI=1S/C13H17F4NO2/c1-9(18)11-7-10(14)3-4-12(11)20-6-2-5-19-8-13(15,16)17/h3-4,7,9H,2,5-6,8,18H2,1H3. The van der Waals surface area contributed by atoms with Crippen molar-refractivity contribution < 1.29 is 27.0 Å². The number of alkyl halides is 3. The highest BCUT2D eigenvalue weighted by Gasteiger charge is 2.27. The van der Waals surface area contributed by atoms with Gasteiger partial charge in [-0.05, 0) is 25.1 Å². The van der Waals surface area contributed by atoms with Gasteiger partial charge in [0.15, 0.2) is 0 Å². The number of halogens is 4. The number of nitrogens with two attached hydrogens (primary N) is 1. The summed E-state index contributed by atoms with van der Waals surface area (Å²) >= 11 is 0. The Morgan fingerprint density at radius 3 is 2.55 bits per heavy atom. The summed E-state index contributed by atoms with van der Waals surface area (Å²) in [6.45, 7) is 0.528. The lowest BCUT2D eigenvalue weighted by Gasteiger charge is -2.14. The monoisotopic (exact) mass is 295 g/mol. The van der Waals surface area contributed by atoms with Crippen LogP contribution in [0.4, 0.5) is 17.6 Å². The fraction of sp³-hybridized carbons (Fsp3) is 0.538. The van der Waals surface area contributed by atoms with Crippen molar-refractivity contribution in [3.8, 4) is 5.75 Å². The van der Waals surface area contributed by atoms with E-state index >= 15 is 0 Å². The van der Waals surface area contributed by atoms with Gasteiger partial charge >= 0.3 is 6.18 Å². The van der Waals surface area contributed by atoms with Gasteiger partial charge in [-0.25, -0.2) is 4.39 Å². The molecule has 0 bridgehead atoms. The molecule has 1 aromatic rings. The molecular formula is C13H17F4NO2. The van der Waals surface area contributed by atoms with Crippen LogP contribution in [-0.4, -0.2) is 26.0 Å². The molecule has 0 aliphatic carbocycles. The molecule has 1 unspecified atom stereocenters. The Kier molecular flexibility index (Phi) is 6.22. The van der Waals surface area contributed by atoms with E-state index in [4.69, 9.17) is 10.5 Å². The van der Waals surface area contributed by atoms with E-state index in [1.165, 1.54) is 18.2 Å². The van der Waals surface area contributed by atoms with Crippen molar-refractivity contribution in [1.82, 2.24) is 0 Å². The number of benzene rings is 1. The highest BCUT2D eigenvalue weighted by molar-refractivity contribution is 5.36. The summed E-state index contributed by atoms with van der Waals surface area (Å²) in [5, 5.41) is 0. The Hall–Kier alpha value is -1.34. The van der Waals surface area contributed by atoms with Crippen molar-refractivity contribution in [2.45, 2.75) is 25.6 Å². The number of ether oxygens (including phenoxy) is 2. The maximum absolute atomic E-state index is 13.1. The van der Waals surface area contributed by atoms with Crippen molar-refractivity contribution in [1.29, 1.82) is 0 Å². The van der Waals surface area contributed by atoms with Crippen LogP contribution in [0.2, 0.25) is 0 Å². The quantitative estimate of drug-likeness (QED) is 0.620. The van der Waals surface area contributed by atoms with E-state index in [9.17, 15) is 17.6 Å². The van der Waals surface area contributed by atoms with Crippen molar-refractivity contribution in [2.24, 2.45) is 5.73 Å². The van der Waals surface area contributed by atoms with Gasteiger partial charge in [0.1, 0.15) is 18.2 Å². The van der Waals surface area contributed by atoms with Gasteiger partial charge in [0.05, 0.1) is 13.2 Å². The molecule has 1 atom stereocenters. The van der Waals surface area contributed by atoms with Gasteiger partial charge in [0.25, 0.3) is 0 Å². The third-order valence-corrected chi connectivity index (χ3v) is 2.42. The molecule has 0 aromatic heterocycles. The maximum atomic E-state index is 13.1. The minimum atomic E-state index is -4.32. The van der Waals surface area contributed by atoms with Gasteiger partial charge in [-0.15, -0.1) is 0 Å². The lowest BCUT2D eigenvalue weighted by molar-refractivity contribution is -0.174. The van der Waals surface area contributed by atoms with Gasteiger partial charge in [-0.2, -0.15) is 13.2 Å². The molecule has 0 spiro atoms. The Morgan fingerprint density at radius 1 is 1.25 bits per heavy atom. The van der Waals surface area contributed by atoms with Gasteiger partial charge in [-0.3, -0.25) is 0 Å². The molecular weight excluding hydrogens is 278 g/mol. The lowest BCUT2D eigenvalue weighted by Crippen LogP contribution is -2.18. The molecule has 3 nitrogen and oxygen atoms in total. The average Bonchev–Trinajstić information content (AvgIpc) is 2.33. The maximum Gasteiger partial charge on any atom is 0.411 e. The molecule has 0 heterocycles. The van der Waals surface area contributed by atoms with Crippen LogP contribution in [0, 0.1) is 5.82 Å². The topological polar surface area (TPSA) is 44.5 Å². The Bertz CT molecular complexity index is 421. The summed E-state index contributed by atoms with van der Waals surface area (Å²) in [5.74, 6) is 0.00961.